The zero-order valence-electron chi connectivity index (χ0n) is 38.4. The van der Waals surface area contributed by atoms with Gasteiger partial charge in [0.15, 0.2) is 11.9 Å². The summed E-state index contributed by atoms with van der Waals surface area (Å²) in [6.07, 6.45) is 2.26. The van der Waals surface area contributed by atoms with Gasteiger partial charge in [-0.05, 0) is 56.2 Å². The predicted molar refractivity (Wildman–Crippen MR) is 264 cm³/mol. The third kappa shape index (κ3) is 18.5. The number of guanidine groups is 2. The lowest BCUT2D eigenvalue weighted by Crippen LogP contribution is -2.60. The monoisotopic (exact) mass is 993 g/mol. The van der Waals surface area contributed by atoms with Gasteiger partial charge in [0.1, 0.15) is 42.3 Å². The van der Waals surface area contributed by atoms with Crippen LogP contribution >= 0.6 is 21.6 Å². The molecule has 4 rings (SSSR count). The van der Waals surface area contributed by atoms with Crippen LogP contribution in [0.4, 0.5) is 0 Å². The minimum Gasteiger partial charge on any atom is -0.370 e. The minimum atomic E-state index is -1.31. The Morgan fingerprint density at radius 1 is 0.739 bits per heavy atom. The molecule has 0 radical (unpaired) electrons. The summed E-state index contributed by atoms with van der Waals surface area (Å²) in [4.78, 5) is 113. The number of H-pyrrole nitrogens is 1. The number of nitrogens with two attached hydrogens (primary N) is 3. The molecule has 1 aliphatic rings. The maximum absolute atomic E-state index is 14.4. The van der Waals surface area contributed by atoms with Crippen molar-refractivity contribution in [1.82, 2.24) is 52.8 Å². The Balaban J connectivity index is 1.70. The van der Waals surface area contributed by atoms with E-state index in [2.05, 4.69) is 52.8 Å². The molecular formula is C44H63N15O8S2. The number of hydrogen-bond donors (Lipinski definition) is 15. The minimum absolute atomic E-state index is 0.00303. The zero-order chi connectivity index (χ0) is 50.5. The van der Waals surface area contributed by atoms with E-state index in [1.54, 1.807) is 36.5 Å². The zero-order valence-corrected chi connectivity index (χ0v) is 40.0. The van der Waals surface area contributed by atoms with Gasteiger partial charge >= 0.3 is 0 Å². The van der Waals surface area contributed by atoms with Crippen LogP contribution in [0.25, 0.3) is 10.9 Å². The van der Waals surface area contributed by atoms with E-state index in [0.717, 1.165) is 21.7 Å². The third-order valence-electron chi connectivity index (χ3n) is 10.8. The van der Waals surface area contributed by atoms with Crippen molar-refractivity contribution in [3.8, 4) is 0 Å². The van der Waals surface area contributed by atoms with Crippen molar-refractivity contribution in [3.63, 3.8) is 0 Å². The Morgan fingerprint density at radius 3 is 2.03 bits per heavy atom. The van der Waals surface area contributed by atoms with Gasteiger partial charge in [-0.15, -0.1) is 0 Å². The fourth-order valence-electron chi connectivity index (χ4n) is 7.20. The molecule has 69 heavy (non-hydrogen) atoms. The van der Waals surface area contributed by atoms with Crippen LogP contribution < -0.4 is 65.1 Å². The molecule has 0 aliphatic carbocycles. The molecule has 2 aromatic carbocycles. The van der Waals surface area contributed by atoms with Crippen LogP contribution in [0.1, 0.15) is 57.1 Å². The average Bonchev–Trinajstić information content (AvgIpc) is 3.71. The van der Waals surface area contributed by atoms with Crippen LogP contribution in [0.15, 0.2) is 60.8 Å². The number of aromatic amines is 1. The molecule has 0 saturated carbocycles. The highest BCUT2D eigenvalue weighted by atomic mass is 33.1. The molecule has 2 heterocycles. The number of carbonyl (C=O) groups is 8. The number of hydrogen-bond acceptors (Lipinski definition) is 12. The maximum atomic E-state index is 14.4. The fraction of sp³-hybridized carbons (Fsp3) is 0.455. The second kappa shape index (κ2) is 27.7. The number of amides is 8. The molecule has 25 heteroatoms. The number of nitrogens with one attached hydrogen (secondary N) is 12. The summed E-state index contributed by atoms with van der Waals surface area (Å²) in [6, 6.07) is 7.37. The summed E-state index contributed by atoms with van der Waals surface area (Å²) < 4.78 is 0. The Bertz CT molecular complexity index is 2300. The Morgan fingerprint density at radius 2 is 1.35 bits per heavy atom. The molecule has 374 valence electrons. The first-order chi connectivity index (χ1) is 32.9. The molecule has 23 nitrogen and oxygen atoms in total. The quantitative estimate of drug-likeness (QED) is 0.0326. The molecule has 1 aliphatic heterocycles. The molecule has 0 bridgehead atoms. The van der Waals surface area contributed by atoms with Gasteiger partial charge in [0, 0.05) is 61.5 Å². The van der Waals surface area contributed by atoms with Crippen molar-refractivity contribution in [2.24, 2.45) is 17.2 Å². The molecule has 0 spiro atoms. The number of fused-ring (bicyclic) bond motifs is 1. The smallest absolute Gasteiger partial charge is 0.243 e. The number of benzene rings is 2. The Kier molecular flexibility index (Phi) is 21.9. The average molecular weight is 994 g/mol. The normalized spacial score (nSPS) is 21.6. The third-order valence-corrected chi connectivity index (χ3v) is 13.2. The molecule has 3 aromatic rings. The van der Waals surface area contributed by atoms with Crippen LogP contribution in [0.2, 0.25) is 0 Å². The van der Waals surface area contributed by atoms with Crippen molar-refractivity contribution < 1.29 is 38.4 Å². The van der Waals surface area contributed by atoms with Gasteiger partial charge in [-0.25, -0.2) is 0 Å². The largest absolute Gasteiger partial charge is 0.370 e. The summed E-state index contributed by atoms with van der Waals surface area (Å²) >= 11 is 0. The van der Waals surface area contributed by atoms with E-state index >= 15 is 0 Å². The molecule has 8 amide bonds. The van der Waals surface area contributed by atoms with Gasteiger partial charge < -0.3 is 70.0 Å². The van der Waals surface area contributed by atoms with Gasteiger partial charge in [0.2, 0.25) is 47.3 Å². The van der Waals surface area contributed by atoms with Crippen molar-refractivity contribution in [3.05, 3.63) is 71.9 Å². The summed E-state index contributed by atoms with van der Waals surface area (Å²) in [7, 11) is 2.36. The summed E-state index contributed by atoms with van der Waals surface area (Å²) in [5.74, 6) is -6.29. The van der Waals surface area contributed by atoms with Gasteiger partial charge in [0.25, 0.3) is 0 Å². The number of aromatic nitrogens is 1. The first-order valence-electron chi connectivity index (χ1n) is 22.3. The van der Waals surface area contributed by atoms with E-state index in [1.807, 2.05) is 24.3 Å². The summed E-state index contributed by atoms with van der Waals surface area (Å²) in [5, 5.41) is 39.8. The second-order valence-corrected chi connectivity index (χ2v) is 18.9. The fourth-order valence-corrected chi connectivity index (χ4v) is 9.47. The molecule has 0 unspecified atom stereocenters. The Hall–Kier alpha value is -7.02. The summed E-state index contributed by atoms with van der Waals surface area (Å²) in [5.41, 5.74) is 18.7. The molecule has 1 aromatic heterocycles. The van der Waals surface area contributed by atoms with Crippen molar-refractivity contribution in [2.75, 3.05) is 24.6 Å². The lowest BCUT2D eigenvalue weighted by molar-refractivity contribution is -0.135. The molecule has 1 saturated heterocycles. The van der Waals surface area contributed by atoms with Crippen LogP contribution in [-0.2, 0) is 51.2 Å². The van der Waals surface area contributed by atoms with Gasteiger partial charge in [0.05, 0.1) is 0 Å². The van der Waals surface area contributed by atoms with Crippen LogP contribution in [0, 0.1) is 10.8 Å². The van der Waals surface area contributed by atoms with Gasteiger partial charge in [-0.3, -0.25) is 49.2 Å². The van der Waals surface area contributed by atoms with Gasteiger partial charge in [-0.2, -0.15) is 0 Å². The topological polar surface area (TPSA) is 386 Å². The maximum Gasteiger partial charge on any atom is 0.243 e. The van der Waals surface area contributed by atoms with Crippen molar-refractivity contribution in [2.45, 2.75) is 101 Å². The Labute approximate surface area is 407 Å². The second-order valence-electron chi connectivity index (χ2n) is 16.3. The SMILES string of the molecule is CC(=O)N[C@@H](CCCNC(=N)N)C(=O)N[C@@H]1CCSSC[C@@H](C(N)=O)NC(=O)[C@H](Cc2c[nH]c3ccccc23)NC(=O)[C@H](CCCNC(=N)N)NC(=O)[C@@H](Cc2ccccc2)NC(=O)[C@@H](C)NC1=O. The van der Waals surface area contributed by atoms with E-state index in [0.29, 0.717) is 17.5 Å². The van der Waals surface area contributed by atoms with Crippen LogP contribution in [0.3, 0.4) is 0 Å². The molecule has 1 fully saturated rings. The van der Waals surface area contributed by atoms with E-state index in [4.69, 9.17) is 28.0 Å². The molecular weight excluding hydrogens is 931 g/mol. The highest BCUT2D eigenvalue weighted by Gasteiger charge is 2.34. The molecule has 18 N–H and O–H groups in total. The lowest BCUT2D eigenvalue weighted by Gasteiger charge is -2.27. The summed E-state index contributed by atoms with van der Waals surface area (Å²) in [6.45, 7) is 3.01. The standard InChI is InChI=1S/C44H63N15O8S2/c1-24-37(62)57-33(20-26-10-4-3-5-11-26)41(66)55-31(15-9-18-51-44(48)49)40(65)58-34(21-27-22-52-29-13-7-6-12-28(27)29)42(67)59-35(36(45)61)23-69-68-19-16-32(38(63)53-24)56-39(64)30(54-25(2)60)14-8-17-50-43(46)47/h3-7,10-13,22,24,30-35,52H,8-9,14-21,23H2,1-2H3,(H2,45,61)(H,53,63)(H,54,60)(H,55,66)(H,56,64)(H,57,62)(H,58,65)(H,59,67)(H4,46,47,50)(H4,48,49,51)/t24-,30+,31+,32-,33-,34+,35+/m1/s1. The van der Waals surface area contributed by atoms with E-state index in [1.165, 1.54) is 24.6 Å². The van der Waals surface area contributed by atoms with E-state index < -0.39 is 89.6 Å². The lowest BCUT2D eigenvalue weighted by atomic mass is 10.0. The molecule has 7 atom stereocenters. The van der Waals surface area contributed by atoms with Crippen molar-refractivity contribution in [1.29, 1.82) is 10.8 Å². The van der Waals surface area contributed by atoms with Gasteiger partial charge in [-0.1, -0.05) is 70.1 Å². The predicted octanol–water partition coefficient (Wildman–Crippen LogP) is -1.82. The van der Waals surface area contributed by atoms with Crippen LogP contribution in [0.5, 0.6) is 0 Å². The van der Waals surface area contributed by atoms with E-state index in [-0.39, 0.29) is 75.0 Å². The number of carbonyl (C=O) groups excluding carboxylic acids is 8. The van der Waals surface area contributed by atoms with E-state index in [9.17, 15) is 38.4 Å². The highest BCUT2D eigenvalue weighted by Crippen LogP contribution is 2.24. The number of primary amides is 1. The number of para-hydroxylation sites is 1. The first-order valence-corrected chi connectivity index (χ1v) is 24.8. The first kappa shape index (κ1) is 54.6. The van der Waals surface area contributed by atoms with Crippen LogP contribution in [-0.4, -0.2) is 131 Å². The number of rotatable bonds is 16. The van der Waals surface area contributed by atoms with Crippen molar-refractivity contribution >= 4 is 91.7 Å². The highest BCUT2D eigenvalue weighted by molar-refractivity contribution is 8.76.